The second-order valence-corrected chi connectivity index (χ2v) is 10.8. The molecular formula is C25H30F2N6O3. The van der Waals surface area contributed by atoms with Gasteiger partial charge in [-0.25, -0.2) is 13.8 Å². The molecule has 2 amide bonds. The van der Waals surface area contributed by atoms with Crippen LogP contribution in [0.3, 0.4) is 0 Å². The molecule has 2 saturated carbocycles. The van der Waals surface area contributed by atoms with Gasteiger partial charge in [-0.15, -0.1) is 0 Å². The summed E-state index contributed by atoms with van der Waals surface area (Å²) in [4.78, 5) is 34.0. The minimum Gasteiger partial charge on any atom is -0.481 e. The summed E-state index contributed by atoms with van der Waals surface area (Å²) in [5, 5.41) is 10.0. The molecule has 4 fully saturated rings. The Morgan fingerprint density at radius 2 is 2.03 bits per heavy atom. The maximum Gasteiger partial charge on any atom is 0.274 e. The lowest BCUT2D eigenvalue weighted by molar-refractivity contribution is -0.129. The van der Waals surface area contributed by atoms with E-state index in [1.54, 1.807) is 6.07 Å². The molecule has 4 aliphatic rings. The number of piperidine rings is 1. The zero-order valence-electron chi connectivity index (χ0n) is 20.2. The number of hydrogen-bond acceptors (Lipinski definition) is 6. The Hall–Kier alpha value is -3.08. The van der Waals surface area contributed by atoms with E-state index in [2.05, 4.69) is 25.4 Å². The number of methoxy groups -OCH3 is 1. The number of amides is 2. The average molecular weight is 501 g/mol. The minimum absolute atomic E-state index is 0.0311. The largest absolute Gasteiger partial charge is 0.481 e. The van der Waals surface area contributed by atoms with Gasteiger partial charge in [0, 0.05) is 49.3 Å². The van der Waals surface area contributed by atoms with Crippen LogP contribution < -0.4 is 10.1 Å². The SMILES string of the molecule is COc1cc(-c2cc(C(=O)N3CC[C@H](C(=O)NC4CN(CC5(F)CC5)C4)CC34CC4)n[nH]2)c(F)cn1. The van der Waals surface area contributed by atoms with Crippen LogP contribution in [0.2, 0.25) is 0 Å². The Bertz CT molecular complexity index is 1190. The first-order valence-electron chi connectivity index (χ1n) is 12.6. The number of pyridine rings is 1. The predicted octanol–water partition coefficient (Wildman–Crippen LogP) is 2.31. The van der Waals surface area contributed by atoms with Gasteiger partial charge < -0.3 is 15.0 Å². The number of aromatic nitrogens is 3. The number of nitrogens with one attached hydrogen (secondary N) is 2. The number of halogens is 2. The van der Waals surface area contributed by atoms with Gasteiger partial charge in [0.25, 0.3) is 5.91 Å². The molecule has 4 heterocycles. The van der Waals surface area contributed by atoms with Crippen molar-refractivity contribution in [3.63, 3.8) is 0 Å². The van der Waals surface area contributed by atoms with Crippen molar-refractivity contribution in [3.8, 4) is 17.1 Å². The minimum atomic E-state index is -0.999. The van der Waals surface area contributed by atoms with Crippen LogP contribution in [0.25, 0.3) is 11.3 Å². The summed E-state index contributed by atoms with van der Waals surface area (Å²) in [5.74, 6) is -0.617. The molecule has 9 nitrogen and oxygen atoms in total. The monoisotopic (exact) mass is 500 g/mol. The number of carbonyl (C=O) groups is 2. The molecule has 1 atom stereocenters. The molecule has 0 bridgehead atoms. The molecule has 2 aromatic rings. The Balaban J connectivity index is 1.06. The fourth-order valence-corrected chi connectivity index (χ4v) is 5.60. The lowest BCUT2D eigenvalue weighted by Gasteiger charge is -2.43. The van der Waals surface area contributed by atoms with Gasteiger partial charge in [-0.3, -0.25) is 19.6 Å². The molecule has 192 valence electrons. The number of likely N-dealkylation sites (tertiary alicyclic amines) is 2. The van der Waals surface area contributed by atoms with Gasteiger partial charge in [-0.2, -0.15) is 5.10 Å². The van der Waals surface area contributed by atoms with Crippen molar-refractivity contribution in [2.75, 3.05) is 33.3 Å². The van der Waals surface area contributed by atoms with Gasteiger partial charge in [0.2, 0.25) is 11.8 Å². The second-order valence-electron chi connectivity index (χ2n) is 10.8. The zero-order chi connectivity index (χ0) is 25.1. The first kappa shape index (κ1) is 23.3. The van der Waals surface area contributed by atoms with Crippen molar-refractivity contribution >= 4 is 11.8 Å². The first-order chi connectivity index (χ1) is 17.3. The quantitative estimate of drug-likeness (QED) is 0.605. The smallest absolute Gasteiger partial charge is 0.274 e. The van der Waals surface area contributed by atoms with Crippen molar-refractivity contribution in [1.82, 2.24) is 30.3 Å². The van der Waals surface area contributed by atoms with Crippen LogP contribution in [0.4, 0.5) is 8.78 Å². The maximum atomic E-state index is 14.3. The van der Waals surface area contributed by atoms with Crippen LogP contribution in [0.5, 0.6) is 5.88 Å². The van der Waals surface area contributed by atoms with E-state index in [-0.39, 0.29) is 46.5 Å². The molecule has 2 aromatic heterocycles. The van der Waals surface area contributed by atoms with E-state index < -0.39 is 11.5 Å². The van der Waals surface area contributed by atoms with Crippen LogP contribution in [0, 0.1) is 11.7 Å². The Morgan fingerprint density at radius 1 is 1.25 bits per heavy atom. The molecule has 2 N–H and O–H groups in total. The van der Waals surface area contributed by atoms with Gasteiger partial charge in [-0.05, 0) is 44.6 Å². The third-order valence-corrected chi connectivity index (χ3v) is 8.07. The number of hydrogen-bond donors (Lipinski definition) is 2. The number of carbonyl (C=O) groups excluding carboxylic acids is 2. The van der Waals surface area contributed by atoms with Crippen molar-refractivity contribution in [3.05, 3.63) is 29.8 Å². The first-order valence-corrected chi connectivity index (χ1v) is 12.6. The Morgan fingerprint density at radius 3 is 2.72 bits per heavy atom. The Labute approximate surface area is 207 Å². The summed E-state index contributed by atoms with van der Waals surface area (Å²) in [6.45, 7) is 2.34. The molecule has 11 heteroatoms. The fourth-order valence-electron chi connectivity index (χ4n) is 5.60. The molecule has 2 aliphatic heterocycles. The highest BCUT2D eigenvalue weighted by molar-refractivity contribution is 5.94. The molecule has 6 rings (SSSR count). The van der Waals surface area contributed by atoms with Crippen LogP contribution >= 0.6 is 0 Å². The van der Waals surface area contributed by atoms with E-state index in [1.807, 2.05) is 4.90 Å². The molecular weight excluding hydrogens is 470 g/mol. The number of alkyl halides is 1. The van der Waals surface area contributed by atoms with E-state index in [9.17, 15) is 18.4 Å². The summed E-state index contributed by atoms with van der Waals surface area (Å²) in [6, 6.07) is 3.07. The number of aromatic amines is 1. The van der Waals surface area contributed by atoms with Gasteiger partial charge >= 0.3 is 0 Å². The topological polar surface area (TPSA) is 103 Å². The molecule has 2 aliphatic carbocycles. The summed E-state index contributed by atoms with van der Waals surface area (Å²) in [6.07, 6.45) is 5.28. The van der Waals surface area contributed by atoms with Gasteiger partial charge in [0.15, 0.2) is 11.5 Å². The number of H-pyrrole nitrogens is 1. The maximum absolute atomic E-state index is 14.3. The lowest BCUT2D eigenvalue weighted by atomic mass is 9.87. The van der Waals surface area contributed by atoms with Crippen molar-refractivity contribution in [2.24, 2.45) is 5.92 Å². The molecule has 0 radical (unpaired) electrons. The molecule has 1 spiro atoms. The van der Waals surface area contributed by atoms with E-state index in [0.29, 0.717) is 57.6 Å². The summed E-state index contributed by atoms with van der Waals surface area (Å²) < 4.78 is 33.3. The van der Waals surface area contributed by atoms with Gasteiger partial charge in [0.1, 0.15) is 5.67 Å². The average Bonchev–Trinajstić information content (AvgIpc) is 3.72. The van der Waals surface area contributed by atoms with E-state index in [4.69, 9.17) is 4.74 Å². The highest BCUT2D eigenvalue weighted by Crippen LogP contribution is 2.50. The summed E-state index contributed by atoms with van der Waals surface area (Å²) in [5.41, 5.74) is -0.518. The fraction of sp³-hybridized carbons (Fsp3) is 0.600. The van der Waals surface area contributed by atoms with Crippen LogP contribution in [-0.2, 0) is 4.79 Å². The van der Waals surface area contributed by atoms with E-state index in [0.717, 1.165) is 19.0 Å². The van der Waals surface area contributed by atoms with Gasteiger partial charge in [0.05, 0.1) is 25.0 Å². The predicted molar refractivity (Wildman–Crippen MR) is 125 cm³/mol. The van der Waals surface area contributed by atoms with Crippen LogP contribution in [-0.4, -0.2) is 87.3 Å². The molecule has 36 heavy (non-hydrogen) atoms. The molecule has 0 unspecified atom stereocenters. The van der Waals surface area contributed by atoms with Crippen LogP contribution in [0.1, 0.15) is 49.0 Å². The third kappa shape index (κ3) is 4.33. The van der Waals surface area contributed by atoms with Crippen LogP contribution in [0.15, 0.2) is 18.3 Å². The van der Waals surface area contributed by atoms with E-state index in [1.165, 1.54) is 13.2 Å². The zero-order valence-corrected chi connectivity index (χ0v) is 20.2. The normalized spacial score (nSPS) is 24.3. The van der Waals surface area contributed by atoms with Crippen molar-refractivity contribution < 1.29 is 23.1 Å². The van der Waals surface area contributed by atoms with E-state index >= 15 is 0 Å². The molecule has 2 saturated heterocycles. The number of rotatable bonds is 7. The number of nitrogens with zero attached hydrogens (tertiary/aromatic N) is 4. The highest BCUT2D eigenvalue weighted by atomic mass is 19.1. The summed E-state index contributed by atoms with van der Waals surface area (Å²) >= 11 is 0. The third-order valence-electron chi connectivity index (χ3n) is 8.07. The van der Waals surface area contributed by atoms with Gasteiger partial charge in [-0.1, -0.05) is 0 Å². The number of ether oxygens (including phenoxy) is 1. The van der Waals surface area contributed by atoms with Crippen molar-refractivity contribution in [1.29, 1.82) is 0 Å². The standard InChI is InChI=1S/C25H30F2N6O3/c1-36-21-8-17(18(26)11-28-21)19-9-20(31-30-19)23(35)33-7-2-15(10-25(33)5-6-25)22(34)29-16-12-32(13-16)14-24(27)3-4-24/h8-9,11,15-16H,2-7,10,12-14H2,1H3,(H,29,34)(H,30,31)/t15-/m0/s1. The lowest BCUT2D eigenvalue weighted by Crippen LogP contribution is -2.62. The van der Waals surface area contributed by atoms with Crippen molar-refractivity contribution in [2.45, 2.75) is 55.8 Å². The highest BCUT2D eigenvalue weighted by Gasteiger charge is 2.55. The summed E-state index contributed by atoms with van der Waals surface area (Å²) in [7, 11) is 1.45. The Kier molecular flexibility index (Phi) is 5.51. The second kappa shape index (κ2) is 8.50. The molecule has 0 aromatic carbocycles.